The van der Waals surface area contributed by atoms with Gasteiger partial charge in [0.25, 0.3) is 0 Å². The molecule has 35 valence electrons. The molecule has 0 amide bonds. The van der Waals surface area contributed by atoms with Gasteiger partial charge in [0.1, 0.15) is 6.33 Å². The fraction of sp³-hybridized carbons (Fsp3) is 0. The smallest absolute Gasteiger partial charge is 0.117 e. The van der Waals surface area contributed by atoms with Crippen LogP contribution in [0.3, 0.4) is 0 Å². The number of thiol groups is 1. The highest BCUT2D eigenvalue weighted by molar-refractivity contribution is 7.80. The van der Waals surface area contributed by atoms with E-state index in [1.165, 1.54) is 6.33 Å². The molecule has 0 unspecified atom stereocenters. The van der Waals surface area contributed by atoms with Gasteiger partial charge in [-0.3, -0.25) is 0 Å². The largest absolute Gasteiger partial charge is 0.235 e. The molecule has 0 fully saturated rings. The van der Waals surface area contributed by atoms with Crippen LogP contribution in [0.25, 0.3) is 0 Å². The Morgan fingerprint density at radius 1 is 1.71 bits per heavy atom. The van der Waals surface area contributed by atoms with Gasteiger partial charge in [-0.1, -0.05) is 0 Å². The van der Waals surface area contributed by atoms with E-state index in [9.17, 15) is 0 Å². The zero-order valence-corrected chi connectivity index (χ0v) is 4.39. The van der Waals surface area contributed by atoms with Gasteiger partial charge >= 0.3 is 0 Å². The predicted octanol–water partition coefficient (Wildman–Crippen LogP) is 0.565. The average molecular weight is 111 g/mol. The Morgan fingerprint density at radius 2 is 2.57 bits per heavy atom. The molecule has 1 radical (unpaired) electrons. The third-order valence-electron chi connectivity index (χ3n) is 0.516. The number of rotatable bonds is 0. The lowest BCUT2D eigenvalue weighted by Crippen LogP contribution is -1.74. The molecule has 0 atom stereocenters. The molecule has 0 N–H and O–H groups in total. The molecule has 1 rings (SSSR count). The molecule has 3 heteroatoms. The highest BCUT2D eigenvalue weighted by Gasteiger charge is 1.76. The zero-order valence-electron chi connectivity index (χ0n) is 3.50. The van der Waals surface area contributed by atoms with Gasteiger partial charge in [0.2, 0.25) is 0 Å². The Morgan fingerprint density at radius 3 is 2.86 bits per heavy atom. The van der Waals surface area contributed by atoms with E-state index in [-0.39, 0.29) is 0 Å². The molecule has 0 aromatic carbocycles. The summed E-state index contributed by atoms with van der Waals surface area (Å²) in [5.41, 5.74) is 0. The van der Waals surface area contributed by atoms with Gasteiger partial charge in [0.05, 0.1) is 11.2 Å². The van der Waals surface area contributed by atoms with E-state index in [1.54, 1.807) is 6.07 Å². The summed E-state index contributed by atoms with van der Waals surface area (Å²) in [5.74, 6) is 0. The predicted molar refractivity (Wildman–Crippen MR) is 28.1 cm³/mol. The fourth-order valence-electron chi connectivity index (χ4n) is 0.254. The van der Waals surface area contributed by atoms with Crippen molar-refractivity contribution in [3.05, 3.63) is 18.6 Å². The lowest BCUT2D eigenvalue weighted by molar-refractivity contribution is 1.05. The first kappa shape index (κ1) is 4.59. The van der Waals surface area contributed by atoms with Crippen LogP contribution in [0.4, 0.5) is 0 Å². The van der Waals surface area contributed by atoms with E-state index in [4.69, 9.17) is 0 Å². The second-order valence-electron chi connectivity index (χ2n) is 1.01. The van der Waals surface area contributed by atoms with Crippen molar-refractivity contribution in [1.82, 2.24) is 9.97 Å². The first-order chi connectivity index (χ1) is 3.39. The van der Waals surface area contributed by atoms with Crippen molar-refractivity contribution in [3.8, 4) is 0 Å². The van der Waals surface area contributed by atoms with Crippen molar-refractivity contribution in [2.75, 3.05) is 0 Å². The van der Waals surface area contributed by atoms with Crippen LogP contribution in [0, 0.1) is 6.20 Å². The summed E-state index contributed by atoms with van der Waals surface area (Å²) in [4.78, 5) is 7.26. The summed E-state index contributed by atoms with van der Waals surface area (Å²) >= 11 is 3.90. The molecule has 0 aliphatic heterocycles. The maximum absolute atomic E-state index is 3.90. The van der Waals surface area contributed by atoms with Crippen LogP contribution in [0.2, 0.25) is 0 Å². The maximum Gasteiger partial charge on any atom is 0.117 e. The fourth-order valence-corrected chi connectivity index (χ4v) is 0.363. The lowest BCUT2D eigenvalue weighted by atomic mass is 10.7. The number of aromatic nitrogens is 2. The molecule has 0 spiro atoms. The van der Waals surface area contributed by atoms with Crippen LogP contribution in [-0.4, -0.2) is 9.97 Å². The highest BCUT2D eigenvalue weighted by Crippen LogP contribution is 1.92. The average Bonchev–Trinajstić information content (AvgIpc) is 1.69. The van der Waals surface area contributed by atoms with E-state index in [0.717, 1.165) is 0 Å². The molecule has 1 aromatic rings. The summed E-state index contributed by atoms with van der Waals surface area (Å²) in [6, 6.07) is 1.60. The van der Waals surface area contributed by atoms with Crippen molar-refractivity contribution >= 4 is 12.6 Å². The molecular formula is C4H3N2S. The minimum atomic E-state index is 0.648. The van der Waals surface area contributed by atoms with Crippen LogP contribution in [-0.2, 0) is 0 Å². The van der Waals surface area contributed by atoms with Gasteiger partial charge in [-0.2, -0.15) is 0 Å². The second kappa shape index (κ2) is 1.93. The molecule has 0 saturated carbocycles. The van der Waals surface area contributed by atoms with E-state index >= 15 is 0 Å². The summed E-state index contributed by atoms with van der Waals surface area (Å²) in [6.07, 6.45) is 3.98. The first-order valence-electron chi connectivity index (χ1n) is 1.76. The molecule has 2 nitrogen and oxygen atoms in total. The Balaban J connectivity index is 3.02. The quantitative estimate of drug-likeness (QED) is 0.391. The van der Waals surface area contributed by atoms with Crippen LogP contribution < -0.4 is 0 Å². The van der Waals surface area contributed by atoms with Crippen molar-refractivity contribution < 1.29 is 0 Å². The Hall–Kier alpha value is -0.570. The van der Waals surface area contributed by atoms with Gasteiger partial charge in [-0.05, 0) is 6.07 Å². The minimum absolute atomic E-state index is 0.648. The summed E-state index contributed by atoms with van der Waals surface area (Å²) in [7, 11) is 0. The molecule has 0 bridgehead atoms. The number of nitrogens with zero attached hydrogens (tertiary/aromatic N) is 2. The molecule has 7 heavy (non-hydrogen) atoms. The summed E-state index contributed by atoms with van der Waals surface area (Å²) < 4.78 is 0. The molecule has 1 aromatic heterocycles. The highest BCUT2D eigenvalue weighted by atomic mass is 32.1. The van der Waals surface area contributed by atoms with Crippen LogP contribution in [0.15, 0.2) is 17.4 Å². The van der Waals surface area contributed by atoms with Gasteiger partial charge in [0.15, 0.2) is 0 Å². The second-order valence-corrected chi connectivity index (χ2v) is 1.46. The van der Waals surface area contributed by atoms with E-state index < -0.39 is 0 Å². The molecule has 0 aliphatic rings. The summed E-state index contributed by atoms with van der Waals surface area (Å²) in [5, 5.41) is 0.648. The maximum atomic E-state index is 3.90. The third kappa shape index (κ3) is 1.16. The SMILES string of the molecule is Sc1c[c]ncn1. The standard InChI is InChI=1S/C4H3N2S/c7-4-1-2-5-3-6-4/h1,3H,(H,5,6,7). The molecule has 0 saturated heterocycles. The van der Waals surface area contributed by atoms with Crippen molar-refractivity contribution in [3.63, 3.8) is 0 Å². The Labute approximate surface area is 47.0 Å². The first-order valence-corrected chi connectivity index (χ1v) is 2.21. The van der Waals surface area contributed by atoms with Crippen molar-refractivity contribution in [2.24, 2.45) is 0 Å². The van der Waals surface area contributed by atoms with Crippen LogP contribution >= 0.6 is 12.6 Å². The Bertz CT molecular complexity index is 140. The van der Waals surface area contributed by atoms with Gasteiger partial charge in [0, 0.05) is 0 Å². The van der Waals surface area contributed by atoms with Crippen molar-refractivity contribution in [1.29, 1.82) is 0 Å². The summed E-state index contributed by atoms with van der Waals surface area (Å²) in [6.45, 7) is 0. The molecular weight excluding hydrogens is 108 g/mol. The van der Waals surface area contributed by atoms with E-state index in [2.05, 4.69) is 28.8 Å². The topological polar surface area (TPSA) is 25.8 Å². The number of hydrogen-bond donors (Lipinski definition) is 1. The monoisotopic (exact) mass is 111 g/mol. The van der Waals surface area contributed by atoms with Gasteiger partial charge in [-0.25, -0.2) is 9.97 Å². The van der Waals surface area contributed by atoms with Crippen molar-refractivity contribution in [2.45, 2.75) is 5.03 Å². The zero-order chi connectivity index (χ0) is 5.11. The van der Waals surface area contributed by atoms with Gasteiger partial charge in [-0.15, -0.1) is 12.6 Å². The van der Waals surface area contributed by atoms with E-state index in [1.807, 2.05) is 0 Å². The lowest BCUT2D eigenvalue weighted by Gasteiger charge is -1.79. The minimum Gasteiger partial charge on any atom is -0.235 e. The normalized spacial score (nSPS) is 8.71. The Kier molecular flexibility index (Phi) is 1.26. The van der Waals surface area contributed by atoms with Crippen LogP contribution in [0.5, 0.6) is 0 Å². The number of hydrogen-bond acceptors (Lipinski definition) is 3. The van der Waals surface area contributed by atoms with Crippen LogP contribution in [0.1, 0.15) is 0 Å². The molecule has 0 aliphatic carbocycles. The van der Waals surface area contributed by atoms with E-state index in [0.29, 0.717) is 5.03 Å². The molecule has 1 heterocycles. The third-order valence-corrected chi connectivity index (χ3v) is 0.760. The van der Waals surface area contributed by atoms with Gasteiger partial charge < -0.3 is 0 Å².